The molecule has 0 saturated carbocycles. The third kappa shape index (κ3) is 2.93. The van der Waals surface area contributed by atoms with Gasteiger partial charge in [0.25, 0.3) is 0 Å². The first kappa shape index (κ1) is 13.6. The van der Waals surface area contributed by atoms with Crippen LogP contribution in [0.3, 0.4) is 0 Å². The number of hydrogen-bond donors (Lipinski definition) is 0. The zero-order valence-corrected chi connectivity index (χ0v) is 11.8. The summed E-state index contributed by atoms with van der Waals surface area (Å²) in [6.07, 6.45) is 4.74. The Labute approximate surface area is 109 Å². The van der Waals surface area contributed by atoms with E-state index in [0.29, 0.717) is 5.92 Å². The van der Waals surface area contributed by atoms with Crippen molar-refractivity contribution in [3.63, 3.8) is 0 Å². The molecule has 1 aliphatic rings. The fourth-order valence-corrected chi connectivity index (χ4v) is 2.84. The molecule has 2 atom stereocenters. The number of aromatic nitrogens is 1. The van der Waals surface area contributed by atoms with Gasteiger partial charge in [-0.15, -0.1) is 0 Å². The van der Waals surface area contributed by atoms with Crippen molar-refractivity contribution in [3.05, 3.63) is 18.4 Å². The maximum Gasteiger partial charge on any atom is 0.197 e. The number of rotatable bonds is 4. The summed E-state index contributed by atoms with van der Waals surface area (Å²) in [6, 6.07) is 0. The third-order valence-electron chi connectivity index (χ3n) is 3.77. The maximum atomic E-state index is 5.86. The number of hydrogen-bond acceptors (Lipinski definition) is 4. The molecule has 1 aromatic heterocycles. The van der Waals surface area contributed by atoms with Crippen LogP contribution >= 0.6 is 0 Å². The van der Waals surface area contributed by atoms with Gasteiger partial charge in [0, 0.05) is 17.9 Å². The molecular formula is C14H24N2O2. The van der Waals surface area contributed by atoms with E-state index in [1.54, 1.807) is 12.5 Å². The molecule has 2 heterocycles. The van der Waals surface area contributed by atoms with Gasteiger partial charge in [0.2, 0.25) is 0 Å². The normalized spacial score (nSPS) is 29.9. The van der Waals surface area contributed by atoms with Crippen molar-refractivity contribution < 1.29 is 9.15 Å². The van der Waals surface area contributed by atoms with Crippen molar-refractivity contribution in [3.8, 4) is 0 Å². The first-order valence-electron chi connectivity index (χ1n) is 6.71. The quantitative estimate of drug-likeness (QED) is 0.825. The monoisotopic (exact) mass is 252 g/mol. The summed E-state index contributed by atoms with van der Waals surface area (Å²) < 4.78 is 11.4. The molecule has 0 radical (unpaired) electrons. The van der Waals surface area contributed by atoms with Crippen molar-refractivity contribution in [1.29, 1.82) is 0 Å². The van der Waals surface area contributed by atoms with Gasteiger partial charge in [-0.2, -0.15) is 0 Å². The summed E-state index contributed by atoms with van der Waals surface area (Å²) in [5, 5.41) is 0. The molecule has 102 valence electrons. The van der Waals surface area contributed by atoms with E-state index in [1.165, 1.54) is 0 Å². The van der Waals surface area contributed by atoms with Gasteiger partial charge in [-0.3, -0.25) is 0 Å². The van der Waals surface area contributed by atoms with Gasteiger partial charge in [0.15, 0.2) is 5.89 Å². The predicted octanol–water partition coefficient (Wildman–Crippen LogP) is 2.53. The molecule has 0 spiro atoms. The SMILES string of the molecule is CC(C)OC[C@]1(C)CN(C)CC[C@@H]1c1ncco1. The number of nitrogens with zero attached hydrogens (tertiary/aromatic N) is 2. The molecule has 0 unspecified atom stereocenters. The van der Waals surface area contributed by atoms with E-state index in [9.17, 15) is 0 Å². The van der Waals surface area contributed by atoms with Crippen LogP contribution in [0.1, 0.15) is 39.0 Å². The van der Waals surface area contributed by atoms with Crippen molar-refractivity contribution in [2.75, 3.05) is 26.7 Å². The van der Waals surface area contributed by atoms with Crippen LogP contribution in [0.15, 0.2) is 16.9 Å². The fraction of sp³-hybridized carbons (Fsp3) is 0.786. The van der Waals surface area contributed by atoms with Gasteiger partial charge in [-0.05, 0) is 33.9 Å². The highest BCUT2D eigenvalue weighted by molar-refractivity contribution is 5.04. The predicted molar refractivity (Wildman–Crippen MR) is 70.6 cm³/mol. The number of ether oxygens (including phenoxy) is 1. The first-order valence-corrected chi connectivity index (χ1v) is 6.71. The van der Waals surface area contributed by atoms with Gasteiger partial charge >= 0.3 is 0 Å². The molecule has 1 aromatic rings. The van der Waals surface area contributed by atoms with E-state index in [0.717, 1.165) is 32.0 Å². The van der Waals surface area contributed by atoms with E-state index in [1.807, 2.05) is 0 Å². The molecule has 0 bridgehead atoms. The lowest BCUT2D eigenvalue weighted by Crippen LogP contribution is -2.47. The molecule has 4 nitrogen and oxygen atoms in total. The minimum atomic E-state index is 0.0716. The number of oxazole rings is 1. The van der Waals surface area contributed by atoms with Gasteiger partial charge in [-0.1, -0.05) is 6.92 Å². The third-order valence-corrected chi connectivity index (χ3v) is 3.77. The summed E-state index contributed by atoms with van der Waals surface area (Å²) in [5.74, 6) is 1.21. The Morgan fingerprint density at radius 2 is 2.39 bits per heavy atom. The molecule has 18 heavy (non-hydrogen) atoms. The second-order valence-electron chi connectivity index (χ2n) is 5.96. The Morgan fingerprint density at radius 1 is 1.61 bits per heavy atom. The second kappa shape index (κ2) is 5.41. The smallest absolute Gasteiger partial charge is 0.197 e. The van der Waals surface area contributed by atoms with Gasteiger partial charge < -0.3 is 14.1 Å². The Kier molecular flexibility index (Phi) is 4.07. The molecule has 0 amide bonds. The van der Waals surface area contributed by atoms with Crippen LogP contribution < -0.4 is 0 Å². The van der Waals surface area contributed by atoms with Crippen molar-refractivity contribution in [1.82, 2.24) is 9.88 Å². The average molecular weight is 252 g/mol. The Balaban J connectivity index is 2.14. The van der Waals surface area contributed by atoms with Crippen molar-refractivity contribution >= 4 is 0 Å². The average Bonchev–Trinajstić information content (AvgIpc) is 2.80. The van der Waals surface area contributed by atoms with Gasteiger partial charge in [0.05, 0.1) is 18.9 Å². The maximum absolute atomic E-state index is 5.86. The van der Waals surface area contributed by atoms with E-state index in [4.69, 9.17) is 9.15 Å². The zero-order valence-electron chi connectivity index (χ0n) is 11.8. The lowest BCUT2D eigenvalue weighted by atomic mass is 9.73. The standard InChI is InChI=1S/C14H24N2O2/c1-11(2)18-10-14(3)9-16(4)7-5-12(14)13-15-6-8-17-13/h6,8,11-12H,5,7,9-10H2,1-4H3/t12-,14+/m1/s1. The van der Waals surface area contributed by atoms with Crippen LogP contribution in [0.25, 0.3) is 0 Å². The largest absolute Gasteiger partial charge is 0.449 e. The molecule has 0 aromatic carbocycles. The van der Waals surface area contributed by atoms with Gasteiger partial charge in [-0.25, -0.2) is 4.98 Å². The van der Waals surface area contributed by atoms with E-state index < -0.39 is 0 Å². The summed E-state index contributed by atoms with van der Waals surface area (Å²) in [5.41, 5.74) is 0.0716. The van der Waals surface area contributed by atoms with Crippen LogP contribution in [0.2, 0.25) is 0 Å². The summed E-state index contributed by atoms with van der Waals surface area (Å²) >= 11 is 0. The first-order chi connectivity index (χ1) is 8.51. The summed E-state index contributed by atoms with van der Waals surface area (Å²) in [4.78, 5) is 6.71. The second-order valence-corrected chi connectivity index (χ2v) is 5.96. The highest BCUT2D eigenvalue weighted by atomic mass is 16.5. The van der Waals surface area contributed by atoms with Crippen LogP contribution in [0.5, 0.6) is 0 Å². The van der Waals surface area contributed by atoms with Gasteiger partial charge in [0.1, 0.15) is 6.26 Å². The summed E-state index contributed by atoms with van der Waals surface area (Å²) in [7, 11) is 2.17. The van der Waals surface area contributed by atoms with Crippen molar-refractivity contribution in [2.45, 2.75) is 39.2 Å². The van der Waals surface area contributed by atoms with Crippen LogP contribution in [-0.2, 0) is 4.74 Å². The molecule has 1 saturated heterocycles. The number of piperidine rings is 1. The molecule has 1 fully saturated rings. The zero-order chi connectivity index (χ0) is 13.2. The topological polar surface area (TPSA) is 38.5 Å². The molecule has 0 aliphatic carbocycles. The summed E-state index contributed by atoms with van der Waals surface area (Å²) in [6.45, 7) is 9.30. The minimum Gasteiger partial charge on any atom is -0.449 e. The van der Waals surface area contributed by atoms with Crippen LogP contribution in [-0.4, -0.2) is 42.7 Å². The molecule has 1 aliphatic heterocycles. The van der Waals surface area contributed by atoms with Crippen LogP contribution in [0.4, 0.5) is 0 Å². The molecular weight excluding hydrogens is 228 g/mol. The molecule has 4 heteroatoms. The van der Waals surface area contributed by atoms with Crippen LogP contribution in [0, 0.1) is 5.41 Å². The lowest BCUT2D eigenvalue weighted by Gasteiger charge is -2.44. The van der Waals surface area contributed by atoms with E-state index >= 15 is 0 Å². The van der Waals surface area contributed by atoms with E-state index in [2.05, 4.69) is 37.7 Å². The molecule has 2 rings (SSSR count). The highest BCUT2D eigenvalue weighted by Gasteiger charge is 2.42. The highest BCUT2D eigenvalue weighted by Crippen LogP contribution is 2.41. The molecule has 0 N–H and O–H groups in total. The Morgan fingerprint density at radius 3 is 3.00 bits per heavy atom. The lowest BCUT2D eigenvalue weighted by molar-refractivity contribution is -0.0334. The van der Waals surface area contributed by atoms with Crippen molar-refractivity contribution in [2.24, 2.45) is 5.41 Å². The Bertz CT molecular complexity index is 364. The minimum absolute atomic E-state index is 0.0716. The van der Waals surface area contributed by atoms with E-state index in [-0.39, 0.29) is 11.5 Å². The Hall–Kier alpha value is -0.870. The number of likely N-dealkylation sites (tertiary alicyclic amines) is 1. The fourth-order valence-electron chi connectivity index (χ4n) is 2.84.